The second kappa shape index (κ2) is 16.1. The van der Waals surface area contributed by atoms with Crippen molar-refractivity contribution in [3.05, 3.63) is 132 Å². The molecule has 4 unspecified atom stereocenters. The van der Waals surface area contributed by atoms with Crippen molar-refractivity contribution in [2.75, 3.05) is 39.3 Å². The molecule has 2 aliphatic heterocycles. The van der Waals surface area contributed by atoms with E-state index in [1.807, 2.05) is 54.6 Å². The third-order valence-corrected chi connectivity index (χ3v) is 11.8. The van der Waals surface area contributed by atoms with Crippen LogP contribution in [0.2, 0.25) is 0 Å². The predicted molar refractivity (Wildman–Crippen MR) is 199 cm³/mol. The van der Waals surface area contributed by atoms with Crippen molar-refractivity contribution in [2.24, 2.45) is 29.2 Å². The highest BCUT2D eigenvalue weighted by Gasteiger charge is 2.52. The zero-order valence-corrected chi connectivity index (χ0v) is 29.0. The van der Waals surface area contributed by atoms with Gasteiger partial charge in [-0.1, -0.05) is 135 Å². The van der Waals surface area contributed by atoms with Gasteiger partial charge in [-0.2, -0.15) is 0 Å². The molecule has 0 spiro atoms. The van der Waals surface area contributed by atoms with Gasteiger partial charge in [0, 0.05) is 13.1 Å². The minimum atomic E-state index is -0.825. The number of allylic oxidation sites excluding steroid dienone is 4. The summed E-state index contributed by atoms with van der Waals surface area (Å²) in [5, 5.41) is 0. The van der Waals surface area contributed by atoms with Gasteiger partial charge in [0.25, 0.3) is 0 Å². The number of nitrogens with two attached hydrogens (primary N) is 2. The van der Waals surface area contributed by atoms with Gasteiger partial charge in [-0.15, -0.1) is 0 Å². The second-order valence-corrected chi connectivity index (χ2v) is 14.5. The molecular formula is C43H54N4O2. The molecule has 0 radical (unpaired) electrons. The van der Waals surface area contributed by atoms with Crippen LogP contribution in [0.4, 0.5) is 0 Å². The van der Waals surface area contributed by atoms with Gasteiger partial charge in [0.1, 0.15) is 5.41 Å². The summed E-state index contributed by atoms with van der Waals surface area (Å²) < 4.78 is 0. The fraction of sp³-hybridized carbons (Fsp3) is 0.442. The van der Waals surface area contributed by atoms with E-state index in [4.69, 9.17) is 11.5 Å². The van der Waals surface area contributed by atoms with E-state index in [9.17, 15) is 9.59 Å². The van der Waals surface area contributed by atoms with E-state index in [-0.39, 0.29) is 29.6 Å². The summed E-state index contributed by atoms with van der Waals surface area (Å²) in [4.78, 5) is 31.9. The molecule has 49 heavy (non-hydrogen) atoms. The van der Waals surface area contributed by atoms with Crippen molar-refractivity contribution in [1.82, 2.24) is 9.80 Å². The van der Waals surface area contributed by atoms with E-state index in [2.05, 4.69) is 70.5 Å². The molecule has 4 atom stereocenters. The van der Waals surface area contributed by atoms with Crippen LogP contribution in [0, 0.1) is 17.8 Å². The first-order valence-electron chi connectivity index (χ1n) is 18.5. The van der Waals surface area contributed by atoms with Gasteiger partial charge in [0.15, 0.2) is 0 Å². The Hall–Kier alpha value is -4.00. The van der Waals surface area contributed by atoms with Crippen LogP contribution in [0.3, 0.4) is 0 Å². The molecule has 2 heterocycles. The lowest BCUT2D eigenvalue weighted by Crippen LogP contribution is -2.53. The SMILES string of the molecule is NC(=O)C(c1ccccc1)(c1ccccc1)C1CCN(CCCCCCCN2CCC(C(C(N)=O)(c3ccccc3)C3C=CC=CC3)C2)C1. The van der Waals surface area contributed by atoms with Crippen LogP contribution in [-0.2, 0) is 20.4 Å². The molecule has 2 amide bonds. The van der Waals surface area contributed by atoms with E-state index in [1.165, 1.54) is 32.1 Å². The topological polar surface area (TPSA) is 92.7 Å². The maximum atomic E-state index is 13.4. The number of carbonyl (C=O) groups excluding carboxylic acids is 2. The fourth-order valence-corrected chi connectivity index (χ4v) is 9.43. The standard InChI is InChI=1S/C43H54N4O2/c44-40(48)42(34-18-8-4-9-19-34,35-20-10-5-11-21-35)38-26-30-46(32-38)28-16-2-1-3-17-29-47-31-27-39(33-47)43(41(45)49,36-22-12-6-13-23-36)37-24-14-7-15-25-37/h4-15,18-24,37-39H,1-3,16-17,25-33H2,(H2,44,48)(H2,45,49). The molecule has 6 nitrogen and oxygen atoms in total. The number of primary amides is 2. The van der Waals surface area contributed by atoms with E-state index in [0.717, 1.165) is 75.2 Å². The summed E-state index contributed by atoms with van der Waals surface area (Å²) in [6.45, 7) is 5.95. The summed E-state index contributed by atoms with van der Waals surface area (Å²) in [5.74, 6) is -0.0309. The molecule has 6 rings (SSSR count). The van der Waals surface area contributed by atoms with Gasteiger partial charge in [0.05, 0.1) is 5.41 Å². The van der Waals surface area contributed by atoms with Gasteiger partial charge in [-0.05, 0) is 92.7 Å². The average molecular weight is 659 g/mol. The summed E-state index contributed by atoms with van der Waals surface area (Å²) >= 11 is 0. The van der Waals surface area contributed by atoms with Crippen molar-refractivity contribution in [2.45, 2.75) is 62.2 Å². The smallest absolute Gasteiger partial charge is 0.232 e. The Morgan fingerprint density at radius 1 is 0.612 bits per heavy atom. The molecule has 6 heteroatoms. The maximum absolute atomic E-state index is 13.4. The lowest BCUT2D eigenvalue weighted by Gasteiger charge is -2.42. The van der Waals surface area contributed by atoms with Crippen LogP contribution in [0.5, 0.6) is 0 Å². The summed E-state index contributed by atoms with van der Waals surface area (Å²) in [7, 11) is 0. The van der Waals surface area contributed by atoms with Gasteiger partial charge in [-0.25, -0.2) is 0 Å². The Morgan fingerprint density at radius 3 is 1.59 bits per heavy atom. The molecule has 2 fully saturated rings. The molecule has 0 bridgehead atoms. The zero-order chi connectivity index (χ0) is 34.1. The van der Waals surface area contributed by atoms with E-state index in [1.54, 1.807) is 0 Å². The number of hydrogen-bond acceptors (Lipinski definition) is 4. The maximum Gasteiger partial charge on any atom is 0.232 e. The highest BCUT2D eigenvalue weighted by atomic mass is 16.2. The largest absolute Gasteiger partial charge is 0.369 e. The van der Waals surface area contributed by atoms with Crippen molar-refractivity contribution < 1.29 is 9.59 Å². The number of rotatable bonds is 16. The van der Waals surface area contributed by atoms with Gasteiger partial charge in [-0.3, -0.25) is 9.59 Å². The quantitative estimate of drug-likeness (QED) is 0.170. The molecule has 0 aromatic heterocycles. The first-order valence-corrected chi connectivity index (χ1v) is 18.5. The first kappa shape index (κ1) is 34.8. The van der Waals surface area contributed by atoms with Crippen molar-refractivity contribution in [1.29, 1.82) is 0 Å². The minimum Gasteiger partial charge on any atom is -0.369 e. The summed E-state index contributed by atoms with van der Waals surface area (Å²) in [6, 6.07) is 30.6. The van der Waals surface area contributed by atoms with Crippen LogP contribution in [0.15, 0.2) is 115 Å². The number of carbonyl (C=O) groups is 2. The van der Waals surface area contributed by atoms with Gasteiger partial charge < -0.3 is 21.3 Å². The average Bonchev–Trinajstić information content (AvgIpc) is 3.81. The lowest BCUT2D eigenvalue weighted by molar-refractivity contribution is -0.127. The lowest BCUT2D eigenvalue weighted by atomic mass is 9.60. The molecule has 3 aliphatic rings. The molecule has 3 aromatic carbocycles. The first-order chi connectivity index (χ1) is 24.0. The van der Waals surface area contributed by atoms with Crippen molar-refractivity contribution in [3.63, 3.8) is 0 Å². The number of hydrogen-bond donors (Lipinski definition) is 2. The number of likely N-dealkylation sites (tertiary alicyclic amines) is 2. The Morgan fingerprint density at radius 2 is 1.10 bits per heavy atom. The van der Waals surface area contributed by atoms with E-state index >= 15 is 0 Å². The molecule has 4 N–H and O–H groups in total. The third-order valence-electron chi connectivity index (χ3n) is 11.8. The van der Waals surface area contributed by atoms with E-state index in [0.29, 0.717) is 0 Å². The van der Waals surface area contributed by atoms with Gasteiger partial charge in [0.2, 0.25) is 11.8 Å². The minimum absolute atomic E-state index is 0.0807. The van der Waals surface area contributed by atoms with Crippen LogP contribution >= 0.6 is 0 Å². The monoisotopic (exact) mass is 658 g/mol. The van der Waals surface area contributed by atoms with Gasteiger partial charge >= 0.3 is 0 Å². The Labute approximate surface area is 293 Å². The number of amides is 2. The molecule has 0 saturated carbocycles. The molecule has 3 aromatic rings. The Kier molecular flexibility index (Phi) is 11.5. The highest BCUT2D eigenvalue weighted by molar-refractivity contribution is 5.91. The van der Waals surface area contributed by atoms with Crippen molar-refractivity contribution in [3.8, 4) is 0 Å². The summed E-state index contributed by atoms with van der Waals surface area (Å²) in [6.07, 6.45) is 17.3. The Balaban J connectivity index is 0.972. The highest BCUT2D eigenvalue weighted by Crippen LogP contribution is 2.47. The number of benzene rings is 3. The summed E-state index contributed by atoms with van der Waals surface area (Å²) in [5.41, 5.74) is 14.2. The second-order valence-electron chi connectivity index (χ2n) is 14.5. The number of unbranched alkanes of at least 4 members (excludes halogenated alkanes) is 4. The van der Waals surface area contributed by atoms with Crippen LogP contribution in [-0.4, -0.2) is 60.9 Å². The van der Waals surface area contributed by atoms with E-state index < -0.39 is 10.8 Å². The normalized spacial score (nSPS) is 22.7. The molecule has 2 saturated heterocycles. The zero-order valence-electron chi connectivity index (χ0n) is 29.0. The number of nitrogens with zero attached hydrogens (tertiary/aromatic N) is 2. The van der Waals surface area contributed by atoms with Crippen LogP contribution in [0.1, 0.15) is 68.1 Å². The fourth-order valence-electron chi connectivity index (χ4n) is 9.43. The molecule has 1 aliphatic carbocycles. The van der Waals surface area contributed by atoms with Crippen molar-refractivity contribution >= 4 is 11.8 Å². The third kappa shape index (κ3) is 7.18. The Bertz CT molecular complexity index is 1530. The van der Waals surface area contributed by atoms with Crippen LogP contribution < -0.4 is 11.5 Å². The van der Waals surface area contributed by atoms with Crippen LogP contribution in [0.25, 0.3) is 0 Å². The predicted octanol–water partition coefficient (Wildman–Crippen LogP) is 6.61. The molecule has 258 valence electrons. The molecular weight excluding hydrogens is 604 g/mol.